The van der Waals surface area contributed by atoms with Gasteiger partial charge in [0.25, 0.3) is 0 Å². The van der Waals surface area contributed by atoms with Gasteiger partial charge in [-0.1, -0.05) is 43.3 Å². The molecule has 0 aromatic heterocycles. The van der Waals surface area contributed by atoms with Crippen LogP contribution in [0.2, 0.25) is 0 Å². The van der Waals surface area contributed by atoms with Gasteiger partial charge in [-0.2, -0.15) is 0 Å². The molecule has 0 saturated carbocycles. The number of hydrogen-bond donors (Lipinski definition) is 0. The maximum absolute atomic E-state index is 4.70. The first-order valence-electron chi connectivity index (χ1n) is 6.35. The van der Waals surface area contributed by atoms with Gasteiger partial charge >= 0.3 is 0 Å². The molecule has 0 aliphatic carbocycles. The summed E-state index contributed by atoms with van der Waals surface area (Å²) in [6.45, 7) is 3.27. The first-order valence-corrected chi connectivity index (χ1v) is 6.35. The highest BCUT2D eigenvalue weighted by atomic mass is 14.8. The SMILES string of the molecule is C[C@H]1CCC(c2ccc3ccccc3c2)=NC1. The van der Waals surface area contributed by atoms with Gasteiger partial charge in [0, 0.05) is 12.3 Å². The quantitative estimate of drug-likeness (QED) is 0.691. The molecule has 0 bridgehead atoms. The first kappa shape index (κ1) is 10.5. The maximum Gasteiger partial charge on any atom is 0.0420 e. The molecule has 0 fully saturated rings. The van der Waals surface area contributed by atoms with E-state index in [-0.39, 0.29) is 0 Å². The van der Waals surface area contributed by atoms with Gasteiger partial charge in [-0.25, -0.2) is 0 Å². The Kier molecular flexibility index (Phi) is 2.68. The summed E-state index contributed by atoms with van der Waals surface area (Å²) < 4.78 is 0. The van der Waals surface area contributed by atoms with E-state index < -0.39 is 0 Å². The molecule has 17 heavy (non-hydrogen) atoms. The van der Waals surface area contributed by atoms with Crippen LogP contribution in [0.5, 0.6) is 0 Å². The number of aliphatic imine (C=N–C) groups is 1. The molecule has 1 aliphatic heterocycles. The maximum atomic E-state index is 4.70. The van der Waals surface area contributed by atoms with Crippen molar-refractivity contribution in [2.75, 3.05) is 6.54 Å². The highest BCUT2D eigenvalue weighted by molar-refractivity contribution is 6.03. The van der Waals surface area contributed by atoms with Crippen LogP contribution in [0.3, 0.4) is 0 Å². The standard InChI is InChI=1S/C16H17N/c1-12-6-9-16(17-11-12)15-8-7-13-4-2-3-5-14(13)10-15/h2-5,7-8,10,12H,6,9,11H2,1H3/t12-/m0/s1. The lowest BCUT2D eigenvalue weighted by atomic mass is 9.95. The van der Waals surface area contributed by atoms with Crippen molar-refractivity contribution in [3.8, 4) is 0 Å². The Morgan fingerprint density at radius 2 is 1.88 bits per heavy atom. The molecular weight excluding hydrogens is 206 g/mol. The van der Waals surface area contributed by atoms with Crippen LogP contribution in [-0.4, -0.2) is 12.3 Å². The second-order valence-corrected chi connectivity index (χ2v) is 4.99. The minimum Gasteiger partial charge on any atom is -0.289 e. The second-order valence-electron chi connectivity index (χ2n) is 4.99. The summed E-state index contributed by atoms with van der Waals surface area (Å²) in [4.78, 5) is 4.70. The van der Waals surface area contributed by atoms with Crippen LogP contribution in [0.4, 0.5) is 0 Å². The lowest BCUT2D eigenvalue weighted by molar-refractivity contribution is 0.538. The normalized spacial score (nSPS) is 20.3. The van der Waals surface area contributed by atoms with Gasteiger partial charge in [-0.15, -0.1) is 0 Å². The third-order valence-electron chi connectivity index (χ3n) is 3.55. The molecule has 2 aromatic rings. The summed E-state index contributed by atoms with van der Waals surface area (Å²) >= 11 is 0. The smallest absolute Gasteiger partial charge is 0.0420 e. The molecule has 0 spiro atoms. The predicted octanol–water partition coefficient (Wildman–Crippen LogP) is 4.06. The van der Waals surface area contributed by atoms with E-state index in [1.165, 1.54) is 28.5 Å². The third-order valence-corrected chi connectivity index (χ3v) is 3.55. The lowest BCUT2D eigenvalue weighted by Crippen LogP contribution is -2.14. The van der Waals surface area contributed by atoms with Gasteiger partial charge in [0.05, 0.1) is 0 Å². The van der Waals surface area contributed by atoms with Gasteiger partial charge < -0.3 is 0 Å². The van der Waals surface area contributed by atoms with E-state index in [4.69, 9.17) is 4.99 Å². The fourth-order valence-electron chi connectivity index (χ4n) is 2.42. The highest BCUT2D eigenvalue weighted by Crippen LogP contribution is 2.21. The fourth-order valence-corrected chi connectivity index (χ4v) is 2.42. The zero-order valence-electron chi connectivity index (χ0n) is 10.2. The van der Waals surface area contributed by atoms with Crippen molar-refractivity contribution in [1.29, 1.82) is 0 Å². The number of fused-ring (bicyclic) bond motifs is 1. The van der Waals surface area contributed by atoms with E-state index in [2.05, 4.69) is 49.4 Å². The van der Waals surface area contributed by atoms with Crippen LogP contribution < -0.4 is 0 Å². The fraction of sp³-hybridized carbons (Fsp3) is 0.312. The zero-order chi connectivity index (χ0) is 11.7. The molecule has 0 radical (unpaired) electrons. The molecule has 86 valence electrons. The largest absolute Gasteiger partial charge is 0.289 e. The van der Waals surface area contributed by atoms with Crippen molar-refractivity contribution in [2.24, 2.45) is 10.9 Å². The van der Waals surface area contributed by atoms with Gasteiger partial charge in [-0.3, -0.25) is 4.99 Å². The summed E-state index contributed by atoms with van der Waals surface area (Å²) in [5.74, 6) is 0.749. The Balaban J connectivity index is 2.01. The van der Waals surface area contributed by atoms with E-state index in [0.717, 1.165) is 18.9 Å². The topological polar surface area (TPSA) is 12.4 Å². The van der Waals surface area contributed by atoms with Gasteiger partial charge in [0.15, 0.2) is 0 Å². The molecule has 0 saturated heterocycles. The van der Waals surface area contributed by atoms with Crippen molar-refractivity contribution < 1.29 is 0 Å². The molecule has 3 rings (SSSR count). The molecule has 1 heteroatoms. The molecule has 1 heterocycles. The summed E-state index contributed by atoms with van der Waals surface area (Å²) in [5.41, 5.74) is 2.59. The Morgan fingerprint density at radius 1 is 1.06 bits per heavy atom. The molecule has 0 unspecified atom stereocenters. The van der Waals surface area contributed by atoms with Crippen molar-refractivity contribution in [3.05, 3.63) is 48.0 Å². The number of benzene rings is 2. The monoisotopic (exact) mass is 223 g/mol. The Labute approximate surface area is 102 Å². The van der Waals surface area contributed by atoms with Gasteiger partial charge in [-0.05, 0) is 41.2 Å². The summed E-state index contributed by atoms with van der Waals surface area (Å²) in [5, 5.41) is 2.62. The average molecular weight is 223 g/mol. The number of rotatable bonds is 1. The average Bonchev–Trinajstić information content (AvgIpc) is 2.39. The van der Waals surface area contributed by atoms with Gasteiger partial charge in [0.2, 0.25) is 0 Å². The minimum absolute atomic E-state index is 0.749. The molecule has 2 aromatic carbocycles. The summed E-state index contributed by atoms with van der Waals surface area (Å²) in [7, 11) is 0. The van der Waals surface area contributed by atoms with Crippen LogP contribution >= 0.6 is 0 Å². The zero-order valence-corrected chi connectivity index (χ0v) is 10.2. The molecule has 1 atom stereocenters. The number of nitrogens with zero attached hydrogens (tertiary/aromatic N) is 1. The summed E-state index contributed by atoms with van der Waals surface area (Å²) in [6.07, 6.45) is 2.39. The van der Waals surface area contributed by atoms with Crippen LogP contribution in [-0.2, 0) is 0 Å². The van der Waals surface area contributed by atoms with Crippen molar-refractivity contribution >= 4 is 16.5 Å². The molecular formula is C16H17N. The van der Waals surface area contributed by atoms with Crippen LogP contribution in [0.25, 0.3) is 10.8 Å². The minimum atomic E-state index is 0.749. The number of hydrogen-bond acceptors (Lipinski definition) is 1. The van der Waals surface area contributed by atoms with Crippen LogP contribution in [0, 0.1) is 5.92 Å². The molecule has 0 amide bonds. The van der Waals surface area contributed by atoms with E-state index >= 15 is 0 Å². The van der Waals surface area contributed by atoms with Gasteiger partial charge in [0.1, 0.15) is 0 Å². The molecule has 1 aliphatic rings. The van der Waals surface area contributed by atoms with Crippen LogP contribution in [0.1, 0.15) is 25.3 Å². The Morgan fingerprint density at radius 3 is 2.65 bits per heavy atom. The third kappa shape index (κ3) is 2.10. The van der Waals surface area contributed by atoms with Crippen molar-refractivity contribution in [1.82, 2.24) is 0 Å². The Hall–Kier alpha value is -1.63. The summed E-state index contributed by atoms with van der Waals surface area (Å²) in [6, 6.07) is 15.2. The lowest BCUT2D eigenvalue weighted by Gasteiger charge is -2.17. The predicted molar refractivity (Wildman–Crippen MR) is 73.8 cm³/mol. The molecule has 0 N–H and O–H groups in total. The van der Waals surface area contributed by atoms with Crippen LogP contribution in [0.15, 0.2) is 47.5 Å². The highest BCUT2D eigenvalue weighted by Gasteiger charge is 2.12. The van der Waals surface area contributed by atoms with E-state index in [9.17, 15) is 0 Å². The van der Waals surface area contributed by atoms with E-state index in [0.29, 0.717) is 0 Å². The van der Waals surface area contributed by atoms with Crippen molar-refractivity contribution in [3.63, 3.8) is 0 Å². The second kappa shape index (κ2) is 4.33. The van der Waals surface area contributed by atoms with E-state index in [1.54, 1.807) is 0 Å². The van der Waals surface area contributed by atoms with E-state index in [1.807, 2.05) is 0 Å². The molecule has 1 nitrogen and oxygen atoms in total. The van der Waals surface area contributed by atoms with Crippen molar-refractivity contribution in [2.45, 2.75) is 19.8 Å². The first-order chi connectivity index (χ1) is 8.33. The Bertz CT molecular complexity index is 569.